The van der Waals surface area contributed by atoms with Gasteiger partial charge in [-0.25, -0.2) is 9.97 Å². The van der Waals surface area contributed by atoms with E-state index in [1.54, 1.807) is 0 Å². The maximum Gasteiger partial charge on any atom is 0.0973 e. The summed E-state index contributed by atoms with van der Waals surface area (Å²) >= 11 is 0. The van der Waals surface area contributed by atoms with E-state index in [0.717, 1.165) is 61.6 Å². The average molecular weight is 789 g/mol. The number of hydrogen-bond donors (Lipinski definition) is 0. The molecule has 3 heterocycles. The Morgan fingerprint density at radius 1 is 0.274 bits per heavy atom. The Morgan fingerprint density at radius 2 is 0.758 bits per heavy atom. The van der Waals surface area contributed by atoms with Gasteiger partial charge in [0.2, 0.25) is 0 Å². The summed E-state index contributed by atoms with van der Waals surface area (Å²) in [5.74, 6) is 0. The maximum absolute atomic E-state index is 5.32. The van der Waals surface area contributed by atoms with Crippen molar-refractivity contribution in [2.24, 2.45) is 0 Å². The monoisotopic (exact) mass is 788 g/mol. The first-order valence-electron chi connectivity index (χ1n) is 21.2. The van der Waals surface area contributed by atoms with Gasteiger partial charge in [-0.3, -0.25) is 0 Å². The molecule has 10 aromatic carbocycles. The van der Waals surface area contributed by atoms with Crippen molar-refractivity contribution in [1.82, 2.24) is 19.1 Å². The average Bonchev–Trinajstić information content (AvgIpc) is 3.86. The largest absolute Gasteiger partial charge is 0.309 e. The predicted octanol–water partition coefficient (Wildman–Crippen LogP) is 15.1. The van der Waals surface area contributed by atoms with Crippen molar-refractivity contribution in [3.63, 3.8) is 0 Å². The Hall–Kier alpha value is -8.34. The van der Waals surface area contributed by atoms with Crippen LogP contribution in [-0.2, 0) is 0 Å². The van der Waals surface area contributed by atoms with Crippen LogP contribution in [0.15, 0.2) is 218 Å². The normalized spacial score (nSPS) is 11.9. The Bertz CT molecular complexity index is 3900. The second-order valence-corrected chi connectivity index (χ2v) is 16.2. The molecule has 0 spiro atoms. The zero-order valence-corrected chi connectivity index (χ0v) is 33.6. The summed E-state index contributed by atoms with van der Waals surface area (Å²) in [4.78, 5) is 10.5. The minimum Gasteiger partial charge on any atom is -0.309 e. The van der Waals surface area contributed by atoms with Gasteiger partial charge < -0.3 is 9.13 Å². The van der Waals surface area contributed by atoms with Gasteiger partial charge in [-0.1, -0.05) is 158 Å². The fraction of sp³-hybridized carbons (Fsp3) is 0. The zero-order valence-electron chi connectivity index (χ0n) is 33.6. The van der Waals surface area contributed by atoms with Gasteiger partial charge >= 0.3 is 0 Å². The molecule has 0 aliphatic carbocycles. The van der Waals surface area contributed by atoms with Crippen molar-refractivity contribution in [2.75, 3.05) is 0 Å². The van der Waals surface area contributed by atoms with Crippen LogP contribution in [0.25, 0.3) is 121 Å². The fourth-order valence-corrected chi connectivity index (χ4v) is 9.85. The van der Waals surface area contributed by atoms with Crippen molar-refractivity contribution in [3.8, 4) is 45.0 Å². The van der Waals surface area contributed by atoms with E-state index in [1.807, 2.05) is 12.1 Å². The summed E-state index contributed by atoms with van der Waals surface area (Å²) in [5.41, 5.74) is 14.7. The molecule has 0 unspecified atom stereocenters. The molecular formula is C58H36N4. The molecule has 0 bridgehead atoms. The molecule has 0 N–H and O–H groups in total. The minimum absolute atomic E-state index is 0.860. The van der Waals surface area contributed by atoms with Gasteiger partial charge in [0.25, 0.3) is 0 Å². The molecule has 0 amide bonds. The van der Waals surface area contributed by atoms with Crippen LogP contribution in [0.3, 0.4) is 0 Å². The number of benzene rings is 10. The molecule has 0 saturated carbocycles. The third kappa shape index (κ3) is 5.27. The van der Waals surface area contributed by atoms with Crippen LogP contribution >= 0.6 is 0 Å². The van der Waals surface area contributed by atoms with Crippen LogP contribution in [0.1, 0.15) is 0 Å². The van der Waals surface area contributed by atoms with E-state index >= 15 is 0 Å². The highest BCUT2D eigenvalue weighted by atomic mass is 15.0. The quantitative estimate of drug-likeness (QED) is 0.174. The van der Waals surface area contributed by atoms with E-state index in [-0.39, 0.29) is 0 Å². The lowest BCUT2D eigenvalue weighted by Crippen LogP contribution is -1.97. The molecule has 4 heteroatoms. The second kappa shape index (κ2) is 13.6. The molecule has 13 aromatic rings. The first-order chi connectivity index (χ1) is 30.7. The Balaban J connectivity index is 1.06. The molecule has 0 fully saturated rings. The molecule has 4 nitrogen and oxygen atoms in total. The maximum atomic E-state index is 5.32. The van der Waals surface area contributed by atoms with E-state index in [1.165, 1.54) is 59.6 Å². The molecule has 0 aliphatic heterocycles. The van der Waals surface area contributed by atoms with E-state index < -0.39 is 0 Å². The third-order valence-electron chi connectivity index (χ3n) is 12.6. The van der Waals surface area contributed by atoms with Crippen molar-refractivity contribution >= 4 is 76.2 Å². The molecule has 13 rings (SSSR count). The predicted molar refractivity (Wildman–Crippen MR) is 260 cm³/mol. The van der Waals surface area contributed by atoms with Gasteiger partial charge in [-0.05, 0) is 93.3 Å². The fourth-order valence-electron chi connectivity index (χ4n) is 9.85. The number of fused-ring (bicyclic) bond motifs is 11. The van der Waals surface area contributed by atoms with Crippen LogP contribution in [0.5, 0.6) is 0 Å². The Labute approximate surface area is 357 Å². The highest BCUT2D eigenvalue weighted by Gasteiger charge is 2.22. The third-order valence-corrected chi connectivity index (χ3v) is 12.6. The van der Waals surface area contributed by atoms with Gasteiger partial charge in [-0.15, -0.1) is 0 Å². The SMILES string of the molecule is c1ccc(-c2nc3ccc(-c4cccc(-n5c6cc7c(cc6c6c8ccccc8ccc65)c5c6ccccc6ccc5n7-c5ccccc5)c4)cc3nc2-c2ccccc2)cc1. The Kier molecular flexibility index (Phi) is 7.57. The van der Waals surface area contributed by atoms with E-state index in [2.05, 4.69) is 215 Å². The van der Waals surface area contributed by atoms with Crippen LogP contribution < -0.4 is 0 Å². The number of rotatable bonds is 5. The van der Waals surface area contributed by atoms with Gasteiger partial charge in [0, 0.05) is 44.0 Å². The van der Waals surface area contributed by atoms with Crippen molar-refractivity contribution < 1.29 is 0 Å². The molecule has 0 saturated heterocycles. The molecule has 62 heavy (non-hydrogen) atoms. The van der Waals surface area contributed by atoms with Crippen molar-refractivity contribution in [1.29, 1.82) is 0 Å². The standard InChI is InChI=1S/C58H36N4/c1-4-17-39(18-5-1)57-58(40-19-6-2-7-20-40)60-50-34-42(27-30-49(50)59-57)41-21-14-24-44(33-41)62-52-32-29-38-16-11-13-26-46(38)56(52)48-35-47-53(36-54(48)62)61(43-22-8-3-9-23-43)51-31-28-37-15-10-12-25-45(37)55(47)51/h1-36H. The summed E-state index contributed by atoms with van der Waals surface area (Å²) in [7, 11) is 0. The lowest BCUT2D eigenvalue weighted by atomic mass is 10.0. The molecule has 0 radical (unpaired) electrons. The van der Waals surface area contributed by atoms with Gasteiger partial charge in [0.15, 0.2) is 0 Å². The lowest BCUT2D eigenvalue weighted by molar-refractivity contribution is 1.17. The number of para-hydroxylation sites is 1. The van der Waals surface area contributed by atoms with Gasteiger partial charge in [-0.2, -0.15) is 0 Å². The molecule has 288 valence electrons. The van der Waals surface area contributed by atoms with Gasteiger partial charge in [0.05, 0.1) is 44.5 Å². The van der Waals surface area contributed by atoms with Crippen molar-refractivity contribution in [2.45, 2.75) is 0 Å². The van der Waals surface area contributed by atoms with Crippen molar-refractivity contribution in [3.05, 3.63) is 218 Å². The van der Waals surface area contributed by atoms with E-state index in [4.69, 9.17) is 9.97 Å². The number of aromatic nitrogens is 4. The van der Waals surface area contributed by atoms with Crippen LogP contribution in [0.4, 0.5) is 0 Å². The highest BCUT2D eigenvalue weighted by Crippen LogP contribution is 2.44. The van der Waals surface area contributed by atoms with Gasteiger partial charge in [0.1, 0.15) is 0 Å². The summed E-state index contributed by atoms with van der Waals surface area (Å²) < 4.78 is 4.90. The Morgan fingerprint density at radius 3 is 1.37 bits per heavy atom. The highest BCUT2D eigenvalue weighted by molar-refractivity contribution is 6.28. The molecule has 0 aliphatic rings. The summed E-state index contributed by atoms with van der Waals surface area (Å²) in [5, 5.41) is 10.00. The van der Waals surface area contributed by atoms with Crippen LogP contribution in [0, 0.1) is 0 Å². The summed E-state index contributed by atoms with van der Waals surface area (Å²) in [6, 6.07) is 78.5. The smallest absolute Gasteiger partial charge is 0.0973 e. The van der Waals surface area contributed by atoms with E-state index in [9.17, 15) is 0 Å². The van der Waals surface area contributed by atoms with E-state index in [0.29, 0.717) is 0 Å². The van der Waals surface area contributed by atoms with Crippen LogP contribution in [0.2, 0.25) is 0 Å². The first kappa shape index (κ1) is 34.5. The molecule has 3 aromatic heterocycles. The molecular weight excluding hydrogens is 753 g/mol. The minimum atomic E-state index is 0.860. The number of nitrogens with zero attached hydrogens (tertiary/aromatic N) is 4. The first-order valence-corrected chi connectivity index (χ1v) is 21.2. The number of hydrogen-bond acceptors (Lipinski definition) is 2. The topological polar surface area (TPSA) is 35.6 Å². The summed E-state index contributed by atoms with van der Waals surface area (Å²) in [6.45, 7) is 0. The van der Waals surface area contributed by atoms with Crippen LogP contribution in [-0.4, -0.2) is 19.1 Å². The summed E-state index contributed by atoms with van der Waals surface area (Å²) in [6.07, 6.45) is 0. The molecule has 0 atom stereocenters. The lowest BCUT2D eigenvalue weighted by Gasteiger charge is -2.13. The second-order valence-electron chi connectivity index (χ2n) is 16.2. The zero-order chi connectivity index (χ0) is 40.7.